The molecule has 214 valence electrons. The van der Waals surface area contributed by atoms with Gasteiger partial charge in [0, 0.05) is 30.8 Å². The molecule has 0 aliphatic carbocycles. The Hall–Kier alpha value is -4.21. The lowest BCUT2D eigenvalue weighted by Crippen LogP contribution is -2.44. The number of nitrogens with one attached hydrogen (secondary N) is 2. The van der Waals surface area contributed by atoms with E-state index in [-0.39, 0.29) is 31.2 Å². The number of esters is 2. The number of benzene rings is 2. The Kier molecular flexibility index (Phi) is 9.34. The van der Waals surface area contributed by atoms with Crippen LogP contribution >= 0.6 is 0 Å². The molecule has 1 atom stereocenters. The Morgan fingerprint density at radius 1 is 0.825 bits per heavy atom. The first kappa shape index (κ1) is 30.3. The van der Waals surface area contributed by atoms with Crippen molar-refractivity contribution in [2.24, 2.45) is 0 Å². The molecule has 0 bridgehead atoms. The first-order valence-corrected chi connectivity index (χ1v) is 13.2. The van der Waals surface area contributed by atoms with E-state index in [0.29, 0.717) is 28.9 Å². The van der Waals surface area contributed by atoms with Crippen LogP contribution in [0.2, 0.25) is 0 Å². The smallest absolute Gasteiger partial charge is 0.329 e. The Balaban J connectivity index is 1.57. The average molecular weight is 552 g/mol. The summed E-state index contributed by atoms with van der Waals surface area (Å²) < 4.78 is 10.8. The van der Waals surface area contributed by atoms with Gasteiger partial charge in [0.15, 0.2) is 0 Å². The van der Waals surface area contributed by atoms with Gasteiger partial charge in [0.2, 0.25) is 0 Å². The zero-order valence-corrected chi connectivity index (χ0v) is 23.8. The van der Waals surface area contributed by atoms with Crippen LogP contribution in [-0.2, 0) is 19.1 Å². The number of anilines is 1. The van der Waals surface area contributed by atoms with Crippen LogP contribution in [-0.4, -0.2) is 64.9 Å². The highest BCUT2D eigenvalue weighted by Crippen LogP contribution is 2.22. The minimum atomic E-state index is -1.04. The number of carbonyl (C=O) groups excluding carboxylic acids is 5. The Bertz CT molecular complexity index is 1240. The summed E-state index contributed by atoms with van der Waals surface area (Å²) in [7, 11) is 0. The molecule has 0 fully saturated rings. The van der Waals surface area contributed by atoms with E-state index >= 15 is 0 Å². The van der Waals surface area contributed by atoms with E-state index in [2.05, 4.69) is 10.6 Å². The SMILES string of the molecule is CC(C)(C)OC(=O)CC[C@H](NC(=O)c1ccc(NCCN2C(=O)c3ccccc3C2=O)cc1)C(=O)OC(C)(C)C. The van der Waals surface area contributed by atoms with Crippen LogP contribution in [0, 0.1) is 0 Å². The molecule has 10 heteroatoms. The summed E-state index contributed by atoms with van der Waals surface area (Å²) in [5.74, 6) is -2.26. The summed E-state index contributed by atoms with van der Waals surface area (Å²) in [4.78, 5) is 64.1. The van der Waals surface area contributed by atoms with E-state index in [9.17, 15) is 24.0 Å². The van der Waals surface area contributed by atoms with Crippen LogP contribution in [0.4, 0.5) is 5.69 Å². The molecule has 40 heavy (non-hydrogen) atoms. The molecule has 1 aliphatic heterocycles. The van der Waals surface area contributed by atoms with E-state index in [0.717, 1.165) is 0 Å². The van der Waals surface area contributed by atoms with E-state index in [1.807, 2.05) is 0 Å². The molecule has 2 N–H and O–H groups in total. The third kappa shape index (κ3) is 8.39. The molecular formula is C30H37N3O7. The molecule has 2 aromatic rings. The number of ether oxygens (including phenoxy) is 2. The first-order valence-electron chi connectivity index (χ1n) is 13.2. The highest BCUT2D eigenvalue weighted by molar-refractivity contribution is 6.21. The maximum absolute atomic E-state index is 12.9. The van der Waals surface area contributed by atoms with Crippen molar-refractivity contribution in [3.05, 3.63) is 65.2 Å². The normalized spacial score (nSPS) is 13.9. The van der Waals surface area contributed by atoms with Gasteiger partial charge in [-0.15, -0.1) is 0 Å². The predicted octanol–water partition coefficient (Wildman–Crippen LogP) is 3.96. The summed E-state index contributed by atoms with van der Waals surface area (Å²) in [5, 5.41) is 5.81. The molecule has 3 rings (SSSR count). The third-order valence-electron chi connectivity index (χ3n) is 5.74. The predicted molar refractivity (Wildman–Crippen MR) is 149 cm³/mol. The number of amides is 3. The minimum Gasteiger partial charge on any atom is -0.460 e. The molecule has 0 spiro atoms. The van der Waals surface area contributed by atoms with Gasteiger partial charge in [-0.3, -0.25) is 24.1 Å². The van der Waals surface area contributed by atoms with E-state index in [1.165, 1.54) is 4.90 Å². The van der Waals surface area contributed by atoms with Crippen molar-refractivity contribution in [3.8, 4) is 0 Å². The van der Waals surface area contributed by atoms with Crippen molar-refractivity contribution in [2.75, 3.05) is 18.4 Å². The number of imide groups is 1. The van der Waals surface area contributed by atoms with Gasteiger partial charge in [-0.2, -0.15) is 0 Å². The number of fused-ring (bicyclic) bond motifs is 1. The lowest BCUT2D eigenvalue weighted by Gasteiger charge is -2.25. The molecule has 10 nitrogen and oxygen atoms in total. The zero-order valence-electron chi connectivity index (χ0n) is 23.8. The second-order valence-electron chi connectivity index (χ2n) is 11.5. The molecular weight excluding hydrogens is 514 g/mol. The van der Waals surface area contributed by atoms with E-state index < -0.39 is 35.1 Å². The molecule has 3 amide bonds. The zero-order chi connectivity index (χ0) is 29.7. The second kappa shape index (κ2) is 12.3. The standard InChI is InChI=1S/C30H37N3O7/c1-29(2,3)39-24(34)16-15-23(28(38)40-30(4,5)6)32-25(35)19-11-13-20(14-12-19)31-17-18-33-26(36)21-9-7-8-10-22(21)27(33)37/h7-14,23,31H,15-18H2,1-6H3,(H,32,35)/t23-/m0/s1. The summed E-state index contributed by atoms with van der Waals surface area (Å²) in [6.07, 6.45) is -0.0512. The van der Waals surface area contributed by atoms with Crippen LogP contribution in [0.1, 0.15) is 85.5 Å². The summed E-state index contributed by atoms with van der Waals surface area (Å²) in [6.45, 7) is 10.9. The highest BCUT2D eigenvalue weighted by Gasteiger charge is 2.34. The number of rotatable bonds is 10. The monoisotopic (exact) mass is 551 g/mol. The lowest BCUT2D eigenvalue weighted by molar-refractivity contribution is -0.158. The fourth-order valence-corrected chi connectivity index (χ4v) is 4.01. The fourth-order valence-electron chi connectivity index (χ4n) is 4.01. The molecule has 0 unspecified atom stereocenters. The quantitative estimate of drug-likeness (QED) is 0.335. The van der Waals surface area contributed by atoms with Gasteiger partial charge >= 0.3 is 11.9 Å². The number of hydrogen-bond acceptors (Lipinski definition) is 8. The van der Waals surface area contributed by atoms with Crippen molar-refractivity contribution in [1.29, 1.82) is 0 Å². The van der Waals surface area contributed by atoms with Gasteiger partial charge in [0.25, 0.3) is 17.7 Å². The second-order valence-corrected chi connectivity index (χ2v) is 11.5. The molecule has 0 aromatic heterocycles. The summed E-state index contributed by atoms with van der Waals surface area (Å²) >= 11 is 0. The van der Waals surface area contributed by atoms with E-state index in [4.69, 9.17) is 9.47 Å². The van der Waals surface area contributed by atoms with Gasteiger partial charge in [0.1, 0.15) is 17.2 Å². The molecule has 0 saturated carbocycles. The largest absolute Gasteiger partial charge is 0.460 e. The molecule has 1 heterocycles. The maximum atomic E-state index is 12.9. The number of hydrogen-bond donors (Lipinski definition) is 2. The average Bonchev–Trinajstić information content (AvgIpc) is 3.09. The molecule has 0 radical (unpaired) electrons. The van der Waals surface area contributed by atoms with Gasteiger partial charge in [-0.1, -0.05) is 12.1 Å². The molecule has 1 aliphatic rings. The van der Waals surface area contributed by atoms with Crippen molar-refractivity contribution < 1.29 is 33.4 Å². The van der Waals surface area contributed by atoms with Crippen molar-refractivity contribution in [1.82, 2.24) is 10.2 Å². The Morgan fingerprint density at radius 3 is 1.90 bits per heavy atom. The number of carbonyl (C=O) groups is 5. The van der Waals surface area contributed by atoms with Crippen molar-refractivity contribution in [2.45, 2.75) is 71.6 Å². The van der Waals surface area contributed by atoms with Gasteiger partial charge < -0.3 is 20.1 Å². The summed E-state index contributed by atoms with van der Waals surface area (Å²) in [5.41, 5.74) is 0.352. The van der Waals surface area contributed by atoms with Crippen molar-refractivity contribution >= 4 is 35.3 Å². The van der Waals surface area contributed by atoms with Crippen LogP contribution in [0.3, 0.4) is 0 Å². The molecule has 0 saturated heterocycles. The molecule has 2 aromatic carbocycles. The third-order valence-corrected chi connectivity index (χ3v) is 5.74. The Morgan fingerprint density at radius 2 is 1.38 bits per heavy atom. The van der Waals surface area contributed by atoms with Crippen LogP contribution in [0.15, 0.2) is 48.5 Å². The van der Waals surface area contributed by atoms with Gasteiger partial charge in [0.05, 0.1) is 11.1 Å². The topological polar surface area (TPSA) is 131 Å². The minimum absolute atomic E-state index is 0.0208. The van der Waals surface area contributed by atoms with Crippen LogP contribution < -0.4 is 10.6 Å². The number of nitrogens with zero attached hydrogens (tertiary/aromatic N) is 1. The van der Waals surface area contributed by atoms with Gasteiger partial charge in [-0.05, 0) is 84.4 Å². The maximum Gasteiger partial charge on any atom is 0.329 e. The summed E-state index contributed by atoms with van der Waals surface area (Å²) in [6, 6.07) is 12.2. The first-order chi connectivity index (χ1) is 18.6. The van der Waals surface area contributed by atoms with E-state index in [1.54, 1.807) is 90.1 Å². The Labute approximate surface area is 234 Å². The van der Waals surface area contributed by atoms with Crippen LogP contribution in [0.25, 0.3) is 0 Å². The fraction of sp³-hybridized carbons (Fsp3) is 0.433. The lowest BCUT2D eigenvalue weighted by atomic mass is 10.1. The van der Waals surface area contributed by atoms with Crippen molar-refractivity contribution in [3.63, 3.8) is 0 Å². The highest BCUT2D eigenvalue weighted by atomic mass is 16.6. The van der Waals surface area contributed by atoms with Gasteiger partial charge in [-0.25, -0.2) is 4.79 Å². The van der Waals surface area contributed by atoms with Crippen LogP contribution in [0.5, 0.6) is 0 Å².